The number of halogens is 2. The zero-order valence-corrected chi connectivity index (χ0v) is 13.9. The molecule has 0 saturated carbocycles. The molecule has 22 heavy (non-hydrogen) atoms. The van der Waals surface area contributed by atoms with Crippen LogP contribution in [0.1, 0.15) is 25.5 Å². The van der Waals surface area contributed by atoms with Crippen LogP contribution < -0.4 is 10.6 Å². The van der Waals surface area contributed by atoms with Gasteiger partial charge in [0.25, 0.3) is 0 Å². The molecule has 2 aromatic carbocycles. The molecule has 0 spiro atoms. The fraction of sp³-hybridized carbons (Fsp3) is 0.235. The highest BCUT2D eigenvalue weighted by Gasteiger charge is 2.17. The quantitative estimate of drug-likeness (QED) is 0.832. The van der Waals surface area contributed by atoms with Crippen LogP contribution in [0.15, 0.2) is 48.5 Å². The van der Waals surface area contributed by atoms with E-state index >= 15 is 0 Å². The van der Waals surface area contributed by atoms with Crippen LogP contribution in [0.2, 0.25) is 10.0 Å². The summed E-state index contributed by atoms with van der Waals surface area (Å²) in [6.45, 7) is 3.83. The first kappa shape index (κ1) is 16.8. The SMILES string of the molecule is C[C@H](N[C@H](C)C(=O)Nc1cc(Cl)ccc1Cl)c1ccccc1. The highest BCUT2D eigenvalue weighted by atomic mass is 35.5. The Balaban J connectivity index is 1.99. The summed E-state index contributed by atoms with van der Waals surface area (Å²) in [6, 6.07) is 14.6. The highest BCUT2D eigenvalue weighted by Crippen LogP contribution is 2.25. The lowest BCUT2D eigenvalue weighted by Crippen LogP contribution is -2.39. The summed E-state index contributed by atoms with van der Waals surface area (Å²) in [7, 11) is 0. The van der Waals surface area contributed by atoms with Crippen LogP contribution >= 0.6 is 23.2 Å². The number of rotatable bonds is 5. The fourth-order valence-corrected chi connectivity index (χ4v) is 2.46. The molecule has 2 atom stereocenters. The van der Waals surface area contributed by atoms with Gasteiger partial charge in [-0.25, -0.2) is 0 Å². The topological polar surface area (TPSA) is 41.1 Å². The van der Waals surface area contributed by atoms with E-state index in [1.807, 2.05) is 44.2 Å². The van der Waals surface area contributed by atoms with E-state index in [1.165, 1.54) is 0 Å². The van der Waals surface area contributed by atoms with Crippen molar-refractivity contribution in [3.05, 3.63) is 64.1 Å². The first-order chi connectivity index (χ1) is 10.5. The Morgan fingerprint density at radius 3 is 2.41 bits per heavy atom. The van der Waals surface area contributed by atoms with Crippen molar-refractivity contribution in [2.24, 2.45) is 0 Å². The molecule has 1 amide bonds. The predicted molar refractivity (Wildman–Crippen MR) is 92.5 cm³/mol. The molecule has 0 bridgehead atoms. The Morgan fingerprint density at radius 2 is 1.73 bits per heavy atom. The van der Waals surface area contributed by atoms with Crippen molar-refractivity contribution in [3.8, 4) is 0 Å². The van der Waals surface area contributed by atoms with E-state index < -0.39 is 0 Å². The molecule has 0 aliphatic rings. The molecule has 0 unspecified atom stereocenters. The standard InChI is InChI=1S/C17H18Cl2N2O/c1-11(13-6-4-3-5-7-13)20-12(2)17(22)21-16-10-14(18)8-9-15(16)19/h3-12,20H,1-2H3,(H,21,22)/t11-,12+/m0/s1. The summed E-state index contributed by atoms with van der Waals surface area (Å²) in [5.41, 5.74) is 1.64. The second-order valence-electron chi connectivity index (χ2n) is 5.13. The number of anilines is 1. The normalized spacial score (nSPS) is 13.5. The van der Waals surface area contributed by atoms with Crippen LogP contribution in [0.3, 0.4) is 0 Å². The smallest absolute Gasteiger partial charge is 0.241 e. The van der Waals surface area contributed by atoms with Crippen molar-refractivity contribution in [1.82, 2.24) is 5.32 Å². The summed E-state index contributed by atoms with van der Waals surface area (Å²) in [6.07, 6.45) is 0. The zero-order valence-electron chi connectivity index (χ0n) is 12.4. The van der Waals surface area contributed by atoms with Crippen LogP contribution in [-0.4, -0.2) is 11.9 Å². The largest absolute Gasteiger partial charge is 0.323 e. The fourth-order valence-electron chi connectivity index (χ4n) is 2.12. The lowest BCUT2D eigenvalue weighted by Gasteiger charge is -2.20. The van der Waals surface area contributed by atoms with Gasteiger partial charge in [-0.2, -0.15) is 0 Å². The van der Waals surface area contributed by atoms with E-state index in [1.54, 1.807) is 18.2 Å². The molecule has 5 heteroatoms. The van der Waals surface area contributed by atoms with Crippen LogP contribution in [0.5, 0.6) is 0 Å². The van der Waals surface area contributed by atoms with E-state index in [-0.39, 0.29) is 18.0 Å². The molecule has 0 heterocycles. The lowest BCUT2D eigenvalue weighted by molar-refractivity contribution is -0.117. The summed E-state index contributed by atoms with van der Waals surface area (Å²) in [4.78, 5) is 12.3. The van der Waals surface area contributed by atoms with Gasteiger partial charge in [0.1, 0.15) is 0 Å². The Kier molecular flexibility index (Phi) is 5.83. The van der Waals surface area contributed by atoms with E-state index in [9.17, 15) is 4.79 Å². The highest BCUT2D eigenvalue weighted by molar-refractivity contribution is 6.35. The van der Waals surface area contributed by atoms with Crippen molar-refractivity contribution < 1.29 is 4.79 Å². The molecule has 0 aliphatic heterocycles. The Morgan fingerprint density at radius 1 is 1.05 bits per heavy atom. The monoisotopic (exact) mass is 336 g/mol. The summed E-state index contributed by atoms with van der Waals surface area (Å²) in [5, 5.41) is 7.04. The molecule has 2 N–H and O–H groups in total. The molecule has 0 saturated heterocycles. The second-order valence-corrected chi connectivity index (χ2v) is 5.98. The molecule has 0 radical (unpaired) electrons. The zero-order chi connectivity index (χ0) is 16.1. The third kappa shape index (κ3) is 4.47. The van der Waals surface area contributed by atoms with Gasteiger partial charge in [-0.15, -0.1) is 0 Å². The van der Waals surface area contributed by atoms with Crippen molar-refractivity contribution in [2.45, 2.75) is 25.9 Å². The maximum Gasteiger partial charge on any atom is 0.241 e. The van der Waals surface area contributed by atoms with Crippen molar-refractivity contribution in [3.63, 3.8) is 0 Å². The number of carbonyl (C=O) groups excluding carboxylic acids is 1. The van der Waals surface area contributed by atoms with Gasteiger partial charge in [0.15, 0.2) is 0 Å². The summed E-state index contributed by atoms with van der Waals surface area (Å²) in [5.74, 6) is -0.160. The first-order valence-corrected chi connectivity index (χ1v) is 7.80. The average Bonchev–Trinajstić information content (AvgIpc) is 2.51. The summed E-state index contributed by atoms with van der Waals surface area (Å²) >= 11 is 12.0. The minimum atomic E-state index is -0.370. The Hall–Kier alpha value is -1.55. The number of amides is 1. The van der Waals surface area contributed by atoms with Gasteiger partial charge in [0.05, 0.1) is 16.8 Å². The van der Waals surface area contributed by atoms with E-state index in [2.05, 4.69) is 10.6 Å². The van der Waals surface area contributed by atoms with Crippen LogP contribution in [0.4, 0.5) is 5.69 Å². The third-order valence-electron chi connectivity index (χ3n) is 3.38. The molecular formula is C17H18Cl2N2O. The van der Waals surface area contributed by atoms with Gasteiger partial charge in [0.2, 0.25) is 5.91 Å². The lowest BCUT2D eigenvalue weighted by atomic mass is 10.1. The maximum absolute atomic E-state index is 12.3. The van der Waals surface area contributed by atoms with Crippen LogP contribution in [0.25, 0.3) is 0 Å². The molecule has 0 aromatic heterocycles. The van der Waals surface area contributed by atoms with Gasteiger partial charge in [0, 0.05) is 11.1 Å². The van der Waals surface area contributed by atoms with Gasteiger partial charge in [-0.1, -0.05) is 53.5 Å². The van der Waals surface area contributed by atoms with E-state index in [4.69, 9.17) is 23.2 Å². The molecule has 3 nitrogen and oxygen atoms in total. The van der Waals surface area contributed by atoms with Gasteiger partial charge in [-0.3, -0.25) is 10.1 Å². The van der Waals surface area contributed by atoms with E-state index in [0.29, 0.717) is 15.7 Å². The number of benzene rings is 2. The molecular weight excluding hydrogens is 319 g/mol. The molecule has 2 aromatic rings. The maximum atomic E-state index is 12.3. The number of hydrogen-bond acceptors (Lipinski definition) is 2. The Labute approximate surface area is 140 Å². The van der Waals surface area contributed by atoms with Gasteiger partial charge < -0.3 is 5.32 Å². The minimum absolute atomic E-state index is 0.0665. The molecule has 116 valence electrons. The second kappa shape index (κ2) is 7.63. The van der Waals surface area contributed by atoms with Gasteiger partial charge >= 0.3 is 0 Å². The minimum Gasteiger partial charge on any atom is -0.323 e. The molecule has 0 fully saturated rings. The molecule has 2 rings (SSSR count). The predicted octanol–water partition coefficient (Wildman–Crippen LogP) is 4.67. The number of hydrogen-bond donors (Lipinski definition) is 2. The number of nitrogens with one attached hydrogen (secondary N) is 2. The Bertz CT molecular complexity index is 646. The average molecular weight is 337 g/mol. The van der Waals surface area contributed by atoms with Crippen molar-refractivity contribution in [1.29, 1.82) is 0 Å². The first-order valence-electron chi connectivity index (χ1n) is 7.04. The molecule has 0 aliphatic carbocycles. The van der Waals surface area contributed by atoms with Crippen molar-refractivity contribution in [2.75, 3.05) is 5.32 Å². The number of carbonyl (C=O) groups is 1. The van der Waals surface area contributed by atoms with E-state index in [0.717, 1.165) is 5.56 Å². The summed E-state index contributed by atoms with van der Waals surface area (Å²) < 4.78 is 0. The van der Waals surface area contributed by atoms with Crippen LogP contribution in [-0.2, 0) is 4.79 Å². The third-order valence-corrected chi connectivity index (χ3v) is 3.94. The van der Waals surface area contributed by atoms with Crippen molar-refractivity contribution >= 4 is 34.8 Å². The van der Waals surface area contributed by atoms with Crippen LogP contribution in [0, 0.1) is 0 Å². The van der Waals surface area contributed by atoms with Gasteiger partial charge in [-0.05, 0) is 37.6 Å².